The molecule has 2 rings (SSSR count). The summed E-state index contributed by atoms with van der Waals surface area (Å²) in [5.41, 5.74) is 0. The fourth-order valence-electron chi connectivity index (χ4n) is 3.02. The van der Waals surface area contributed by atoms with Gasteiger partial charge < -0.3 is 10.0 Å². The number of rotatable bonds is 2. The van der Waals surface area contributed by atoms with Crippen molar-refractivity contribution >= 4 is 0 Å². The first kappa shape index (κ1) is 8.52. The average molecular weight is 169 g/mol. The summed E-state index contributed by atoms with van der Waals surface area (Å²) in [7, 11) is 0. The predicted molar refractivity (Wildman–Crippen MR) is 48.9 cm³/mol. The van der Waals surface area contributed by atoms with E-state index in [0.717, 1.165) is 24.3 Å². The molecule has 1 unspecified atom stereocenters. The van der Waals surface area contributed by atoms with Crippen LogP contribution in [0.3, 0.4) is 0 Å². The topological polar surface area (TPSA) is 23.5 Å². The van der Waals surface area contributed by atoms with Crippen molar-refractivity contribution in [1.82, 2.24) is 4.90 Å². The van der Waals surface area contributed by atoms with Crippen molar-refractivity contribution in [2.45, 2.75) is 19.8 Å². The van der Waals surface area contributed by atoms with Crippen molar-refractivity contribution in [3.8, 4) is 0 Å². The molecule has 0 amide bonds. The first-order valence-electron chi connectivity index (χ1n) is 5.13. The monoisotopic (exact) mass is 169 g/mol. The Balaban J connectivity index is 1.85. The number of hydrogen-bond acceptors (Lipinski definition) is 2. The van der Waals surface area contributed by atoms with Crippen LogP contribution in [0, 0.1) is 17.8 Å². The predicted octanol–water partition coefficient (Wildman–Crippen LogP) is 0.957. The Hall–Kier alpha value is -0.0800. The first-order valence-corrected chi connectivity index (χ1v) is 5.13. The van der Waals surface area contributed by atoms with Gasteiger partial charge in [0.2, 0.25) is 0 Å². The van der Waals surface area contributed by atoms with Crippen LogP contribution in [-0.4, -0.2) is 36.2 Å². The zero-order valence-corrected chi connectivity index (χ0v) is 7.87. The normalized spacial score (nSPS) is 42.0. The second-order valence-corrected chi connectivity index (χ2v) is 4.58. The number of aliphatic hydroxyl groups is 1. The molecule has 2 nitrogen and oxygen atoms in total. The Morgan fingerprint density at radius 2 is 1.83 bits per heavy atom. The highest BCUT2D eigenvalue weighted by molar-refractivity contribution is 4.90. The van der Waals surface area contributed by atoms with E-state index in [1.165, 1.54) is 25.9 Å². The second kappa shape index (κ2) is 3.35. The van der Waals surface area contributed by atoms with E-state index >= 15 is 0 Å². The number of fused-ring (bicyclic) bond motifs is 1. The van der Waals surface area contributed by atoms with Gasteiger partial charge in [-0.3, -0.25) is 0 Å². The third-order valence-electron chi connectivity index (χ3n) is 3.48. The first-order chi connectivity index (χ1) is 5.79. The van der Waals surface area contributed by atoms with Crippen LogP contribution in [-0.2, 0) is 0 Å². The number of aliphatic hydroxyl groups excluding tert-OH is 1. The Bertz CT molecular complexity index is 146. The van der Waals surface area contributed by atoms with Crippen LogP contribution in [0.4, 0.5) is 0 Å². The molecule has 1 aliphatic heterocycles. The van der Waals surface area contributed by atoms with Crippen LogP contribution in [0.2, 0.25) is 0 Å². The summed E-state index contributed by atoms with van der Waals surface area (Å²) in [6.45, 7) is 6.08. The molecule has 1 N–H and O–H groups in total. The summed E-state index contributed by atoms with van der Waals surface area (Å²) >= 11 is 0. The molecule has 2 aliphatic rings. The maximum atomic E-state index is 8.80. The fourth-order valence-corrected chi connectivity index (χ4v) is 3.02. The molecule has 12 heavy (non-hydrogen) atoms. The maximum absolute atomic E-state index is 8.80. The lowest BCUT2D eigenvalue weighted by Gasteiger charge is -2.15. The van der Waals surface area contributed by atoms with Crippen molar-refractivity contribution in [3.05, 3.63) is 0 Å². The molecule has 70 valence electrons. The van der Waals surface area contributed by atoms with Gasteiger partial charge >= 0.3 is 0 Å². The summed E-state index contributed by atoms with van der Waals surface area (Å²) in [5.74, 6) is 2.86. The van der Waals surface area contributed by atoms with Gasteiger partial charge in [-0.1, -0.05) is 6.92 Å². The molecule has 0 aromatic heterocycles. The highest BCUT2D eigenvalue weighted by Gasteiger charge is 2.38. The molecule has 1 saturated carbocycles. The van der Waals surface area contributed by atoms with Crippen LogP contribution in [0.1, 0.15) is 19.8 Å². The minimum Gasteiger partial charge on any atom is -0.395 e. The Morgan fingerprint density at radius 3 is 2.33 bits per heavy atom. The van der Waals surface area contributed by atoms with Gasteiger partial charge in [-0.2, -0.15) is 0 Å². The molecule has 0 aromatic carbocycles. The standard InChI is InChI=1S/C10H19NO/c1-8-4-9-6-11(2-3-12)7-10(9)5-8/h8-10,12H,2-7H2,1H3/t8?,9-,10+. The van der Waals surface area contributed by atoms with Gasteiger partial charge in [0.05, 0.1) is 6.61 Å². The van der Waals surface area contributed by atoms with Crippen LogP contribution in [0.25, 0.3) is 0 Å². The van der Waals surface area contributed by atoms with E-state index in [1.54, 1.807) is 0 Å². The molecule has 0 bridgehead atoms. The summed E-state index contributed by atoms with van der Waals surface area (Å²) in [5, 5.41) is 8.80. The van der Waals surface area contributed by atoms with E-state index in [9.17, 15) is 0 Å². The lowest BCUT2D eigenvalue weighted by atomic mass is 10.0. The van der Waals surface area contributed by atoms with Crippen LogP contribution in [0.5, 0.6) is 0 Å². The van der Waals surface area contributed by atoms with Gasteiger partial charge in [0.25, 0.3) is 0 Å². The Kier molecular flexibility index (Phi) is 2.37. The van der Waals surface area contributed by atoms with E-state index in [4.69, 9.17) is 5.11 Å². The molecule has 2 fully saturated rings. The summed E-state index contributed by atoms with van der Waals surface area (Å²) < 4.78 is 0. The lowest BCUT2D eigenvalue weighted by Crippen LogP contribution is -2.25. The van der Waals surface area contributed by atoms with Crippen molar-refractivity contribution in [2.24, 2.45) is 17.8 Å². The Morgan fingerprint density at radius 1 is 1.25 bits per heavy atom. The van der Waals surface area contributed by atoms with E-state index in [-0.39, 0.29) is 0 Å². The second-order valence-electron chi connectivity index (χ2n) is 4.58. The van der Waals surface area contributed by atoms with Crippen LogP contribution < -0.4 is 0 Å². The van der Waals surface area contributed by atoms with E-state index in [2.05, 4.69) is 11.8 Å². The number of β-amino-alcohol motifs (C(OH)–C–C–N with tert-alkyl or cyclic N) is 1. The maximum Gasteiger partial charge on any atom is 0.0558 e. The summed E-state index contributed by atoms with van der Waals surface area (Å²) in [6.07, 6.45) is 2.85. The number of likely N-dealkylation sites (tertiary alicyclic amines) is 1. The van der Waals surface area contributed by atoms with Crippen LogP contribution in [0.15, 0.2) is 0 Å². The largest absolute Gasteiger partial charge is 0.395 e. The van der Waals surface area contributed by atoms with Gasteiger partial charge in [-0.25, -0.2) is 0 Å². The van der Waals surface area contributed by atoms with Gasteiger partial charge in [0, 0.05) is 19.6 Å². The third-order valence-corrected chi connectivity index (χ3v) is 3.48. The van der Waals surface area contributed by atoms with Crippen molar-refractivity contribution in [3.63, 3.8) is 0 Å². The van der Waals surface area contributed by atoms with Gasteiger partial charge in [-0.05, 0) is 30.6 Å². The summed E-state index contributed by atoms with van der Waals surface area (Å²) in [4.78, 5) is 2.42. The van der Waals surface area contributed by atoms with E-state index < -0.39 is 0 Å². The highest BCUT2D eigenvalue weighted by Crippen LogP contribution is 2.40. The highest BCUT2D eigenvalue weighted by atomic mass is 16.3. The molecular weight excluding hydrogens is 150 g/mol. The van der Waals surface area contributed by atoms with Gasteiger partial charge in [0.1, 0.15) is 0 Å². The van der Waals surface area contributed by atoms with Crippen molar-refractivity contribution in [2.75, 3.05) is 26.2 Å². The molecule has 0 spiro atoms. The lowest BCUT2D eigenvalue weighted by molar-refractivity contribution is 0.210. The van der Waals surface area contributed by atoms with E-state index in [0.29, 0.717) is 6.61 Å². The van der Waals surface area contributed by atoms with Gasteiger partial charge in [-0.15, -0.1) is 0 Å². The molecule has 0 radical (unpaired) electrons. The smallest absolute Gasteiger partial charge is 0.0558 e. The molecule has 1 heterocycles. The molecule has 3 atom stereocenters. The zero-order valence-electron chi connectivity index (χ0n) is 7.87. The molecule has 1 aliphatic carbocycles. The molecule has 0 aromatic rings. The quantitative estimate of drug-likeness (QED) is 0.665. The van der Waals surface area contributed by atoms with Crippen molar-refractivity contribution < 1.29 is 5.11 Å². The molecular formula is C10H19NO. The minimum absolute atomic E-state index is 0.328. The summed E-state index contributed by atoms with van der Waals surface area (Å²) in [6, 6.07) is 0. The van der Waals surface area contributed by atoms with Crippen LogP contribution >= 0.6 is 0 Å². The zero-order chi connectivity index (χ0) is 8.55. The van der Waals surface area contributed by atoms with Crippen molar-refractivity contribution in [1.29, 1.82) is 0 Å². The number of hydrogen-bond donors (Lipinski definition) is 1. The number of nitrogens with zero attached hydrogens (tertiary/aromatic N) is 1. The average Bonchev–Trinajstić information content (AvgIpc) is 2.44. The third kappa shape index (κ3) is 1.50. The van der Waals surface area contributed by atoms with Gasteiger partial charge in [0.15, 0.2) is 0 Å². The fraction of sp³-hybridized carbons (Fsp3) is 1.00. The Labute approximate surface area is 74.6 Å². The molecule has 1 saturated heterocycles. The van der Waals surface area contributed by atoms with E-state index in [1.807, 2.05) is 0 Å². The molecule has 2 heteroatoms. The SMILES string of the molecule is CC1C[C@@H]2CN(CCO)C[C@@H]2C1. The minimum atomic E-state index is 0.328.